The molecule has 0 saturated carbocycles. The maximum absolute atomic E-state index is 11.6. The molecule has 1 amide bonds. The highest BCUT2D eigenvalue weighted by Crippen LogP contribution is 2.06. The molecular formula is C13H20N2O. The molecule has 0 heterocycles. The molecule has 16 heavy (non-hydrogen) atoms. The van der Waals surface area contributed by atoms with Crippen molar-refractivity contribution >= 4 is 5.91 Å². The predicted molar refractivity (Wildman–Crippen MR) is 65.9 cm³/mol. The number of hydrogen-bond acceptors (Lipinski definition) is 2. The Labute approximate surface area is 97.0 Å². The van der Waals surface area contributed by atoms with Crippen LogP contribution in [0.25, 0.3) is 0 Å². The Balaban J connectivity index is 2.56. The van der Waals surface area contributed by atoms with Gasteiger partial charge in [-0.1, -0.05) is 24.3 Å². The van der Waals surface area contributed by atoms with E-state index < -0.39 is 0 Å². The molecule has 0 unspecified atom stereocenters. The van der Waals surface area contributed by atoms with Gasteiger partial charge in [0.25, 0.3) is 0 Å². The van der Waals surface area contributed by atoms with Crippen LogP contribution in [0.2, 0.25) is 0 Å². The summed E-state index contributed by atoms with van der Waals surface area (Å²) in [4.78, 5) is 11.6. The van der Waals surface area contributed by atoms with E-state index in [9.17, 15) is 4.79 Å². The van der Waals surface area contributed by atoms with Gasteiger partial charge < -0.3 is 11.1 Å². The summed E-state index contributed by atoms with van der Waals surface area (Å²) < 4.78 is 0. The average molecular weight is 220 g/mol. The van der Waals surface area contributed by atoms with Crippen LogP contribution in [0.5, 0.6) is 0 Å². The molecule has 0 spiro atoms. The third-order valence-electron chi connectivity index (χ3n) is 2.14. The number of nitrogens with one attached hydrogen (secondary N) is 1. The van der Waals surface area contributed by atoms with Gasteiger partial charge in [-0.2, -0.15) is 0 Å². The van der Waals surface area contributed by atoms with E-state index in [1.165, 1.54) is 0 Å². The molecule has 1 aromatic carbocycles. The molecule has 3 N–H and O–H groups in total. The van der Waals surface area contributed by atoms with Crippen LogP contribution in [-0.2, 0) is 17.8 Å². The van der Waals surface area contributed by atoms with Crippen molar-refractivity contribution in [3.63, 3.8) is 0 Å². The second-order valence-electron chi connectivity index (χ2n) is 5.00. The van der Waals surface area contributed by atoms with E-state index in [4.69, 9.17) is 5.73 Å². The molecule has 1 aromatic rings. The lowest BCUT2D eigenvalue weighted by Crippen LogP contribution is -2.41. The summed E-state index contributed by atoms with van der Waals surface area (Å²) in [6.07, 6.45) is 0.419. The second kappa shape index (κ2) is 5.12. The van der Waals surface area contributed by atoms with Gasteiger partial charge in [0.2, 0.25) is 5.91 Å². The number of rotatable bonds is 3. The van der Waals surface area contributed by atoms with Gasteiger partial charge in [0.1, 0.15) is 0 Å². The molecule has 0 aliphatic heterocycles. The molecule has 0 aromatic heterocycles. The van der Waals surface area contributed by atoms with Gasteiger partial charge in [-0.15, -0.1) is 0 Å². The van der Waals surface area contributed by atoms with Crippen LogP contribution in [0.3, 0.4) is 0 Å². The molecule has 0 aliphatic rings. The van der Waals surface area contributed by atoms with Crippen LogP contribution in [0.15, 0.2) is 24.3 Å². The van der Waals surface area contributed by atoms with Crippen molar-refractivity contribution < 1.29 is 4.79 Å². The largest absolute Gasteiger partial charge is 0.351 e. The fourth-order valence-corrected chi connectivity index (χ4v) is 1.44. The minimum atomic E-state index is -0.172. The first-order valence-electron chi connectivity index (χ1n) is 5.49. The first-order valence-corrected chi connectivity index (χ1v) is 5.49. The van der Waals surface area contributed by atoms with Gasteiger partial charge in [0, 0.05) is 12.1 Å². The maximum atomic E-state index is 11.6. The molecular weight excluding hydrogens is 200 g/mol. The van der Waals surface area contributed by atoms with Crippen molar-refractivity contribution in [1.82, 2.24) is 5.32 Å². The Bertz CT molecular complexity index is 349. The molecule has 3 nitrogen and oxygen atoms in total. The molecule has 0 radical (unpaired) electrons. The van der Waals surface area contributed by atoms with Gasteiger partial charge >= 0.3 is 0 Å². The Hall–Kier alpha value is -1.35. The SMILES string of the molecule is CC(C)(C)NC(=O)Cc1ccc(CN)cc1. The smallest absolute Gasteiger partial charge is 0.224 e. The Morgan fingerprint density at radius 1 is 1.19 bits per heavy atom. The third kappa shape index (κ3) is 4.45. The Morgan fingerprint density at radius 3 is 2.12 bits per heavy atom. The molecule has 0 bridgehead atoms. The minimum absolute atomic E-state index is 0.0491. The van der Waals surface area contributed by atoms with Crippen molar-refractivity contribution in [3.05, 3.63) is 35.4 Å². The molecule has 1 rings (SSSR count). The standard InChI is InChI=1S/C13H20N2O/c1-13(2,3)15-12(16)8-10-4-6-11(9-14)7-5-10/h4-7H,8-9,14H2,1-3H3,(H,15,16). The van der Waals surface area contributed by atoms with Crippen molar-refractivity contribution in [2.75, 3.05) is 0 Å². The molecule has 0 atom stereocenters. The summed E-state index contributed by atoms with van der Waals surface area (Å²) in [6, 6.07) is 7.81. The molecule has 88 valence electrons. The fourth-order valence-electron chi connectivity index (χ4n) is 1.44. The summed E-state index contributed by atoms with van der Waals surface area (Å²) in [6.45, 7) is 6.46. The van der Waals surface area contributed by atoms with Gasteiger partial charge in [-0.05, 0) is 31.9 Å². The maximum Gasteiger partial charge on any atom is 0.224 e. The van der Waals surface area contributed by atoms with E-state index in [0.29, 0.717) is 13.0 Å². The lowest BCUT2D eigenvalue weighted by molar-refractivity contribution is -0.121. The lowest BCUT2D eigenvalue weighted by Gasteiger charge is -2.20. The zero-order chi connectivity index (χ0) is 12.2. The number of nitrogens with two attached hydrogens (primary N) is 1. The Kier molecular flexibility index (Phi) is 4.07. The van der Waals surface area contributed by atoms with Crippen LogP contribution in [0.4, 0.5) is 0 Å². The van der Waals surface area contributed by atoms with Crippen molar-refractivity contribution in [2.24, 2.45) is 5.73 Å². The van der Waals surface area contributed by atoms with Crippen molar-refractivity contribution in [3.8, 4) is 0 Å². The predicted octanol–water partition coefficient (Wildman–Crippen LogP) is 1.60. The van der Waals surface area contributed by atoms with Gasteiger partial charge in [-0.3, -0.25) is 4.79 Å². The zero-order valence-electron chi connectivity index (χ0n) is 10.2. The van der Waals surface area contributed by atoms with Gasteiger partial charge in [0.15, 0.2) is 0 Å². The van der Waals surface area contributed by atoms with Crippen LogP contribution < -0.4 is 11.1 Å². The highest BCUT2D eigenvalue weighted by Gasteiger charge is 2.13. The molecule has 0 saturated heterocycles. The van der Waals surface area contributed by atoms with Crippen LogP contribution >= 0.6 is 0 Å². The topological polar surface area (TPSA) is 55.1 Å². The monoisotopic (exact) mass is 220 g/mol. The van der Waals surface area contributed by atoms with Gasteiger partial charge in [0.05, 0.1) is 6.42 Å². The van der Waals surface area contributed by atoms with E-state index in [-0.39, 0.29) is 11.4 Å². The number of carbonyl (C=O) groups is 1. The van der Waals surface area contributed by atoms with Crippen molar-refractivity contribution in [1.29, 1.82) is 0 Å². The fraction of sp³-hybridized carbons (Fsp3) is 0.462. The third-order valence-corrected chi connectivity index (χ3v) is 2.14. The first kappa shape index (κ1) is 12.7. The molecule has 0 fully saturated rings. The summed E-state index contributed by atoms with van der Waals surface area (Å²) in [5.74, 6) is 0.0491. The van der Waals surface area contributed by atoms with Gasteiger partial charge in [-0.25, -0.2) is 0 Å². The quantitative estimate of drug-likeness (QED) is 0.813. The van der Waals surface area contributed by atoms with Crippen LogP contribution in [0, 0.1) is 0 Å². The molecule has 0 aliphatic carbocycles. The Morgan fingerprint density at radius 2 is 1.69 bits per heavy atom. The zero-order valence-corrected chi connectivity index (χ0v) is 10.2. The van der Waals surface area contributed by atoms with E-state index >= 15 is 0 Å². The average Bonchev–Trinajstić information content (AvgIpc) is 2.16. The summed E-state index contributed by atoms with van der Waals surface area (Å²) in [5.41, 5.74) is 7.43. The van der Waals surface area contributed by atoms with E-state index in [0.717, 1.165) is 11.1 Å². The first-order chi connectivity index (χ1) is 7.40. The lowest BCUT2D eigenvalue weighted by atomic mass is 10.1. The van der Waals surface area contributed by atoms with E-state index in [1.54, 1.807) is 0 Å². The molecule has 3 heteroatoms. The number of amides is 1. The number of carbonyl (C=O) groups excluding carboxylic acids is 1. The van der Waals surface area contributed by atoms with Crippen molar-refractivity contribution in [2.45, 2.75) is 39.3 Å². The number of benzene rings is 1. The van der Waals surface area contributed by atoms with E-state index in [2.05, 4.69) is 5.32 Å². The number of hydrogen-bond donors (Lipinski definition) is 2. The highest BCUT2D eigenvalue weighted by molar-refractivity contribution is 5.79. The minimum Gasteiger partial charge on any atom is -0.351 e. The summed E-state index contributed by atoms with van der Waals surface area (Å²) in [7, 11) is 0. The summed E-state index contributed by atoms with van der Waals surface area (Å²) >= 11 is 0. The highest BCUT2D eigenvalue weighted by atomic mass is 16.1. The second-order valence-corrected chi connectivity index (χ2v) is 5.00. The normalized spacial score (nSPS) is 11.2. The van der Waals surface area contributed by atoms with Crippen LogP contribution in [-0.4, -0.2) is 11.4 Å². The summed E-state index contributed by atoms with van der Waals surface area (Å²) in [5, 5.41) is 2.93. The van der Waals surface area contributed by atoms with Crippen LogP contribution in [0.1, 0.15) is 31.9 Å². The van der Waals surface area contributed by atoms with E-state index in [1.807, 2.05) is 45.0 Å².